The third kappa shape index (κ3) is 5.57. The molecule has 0 bridgehead atoms. The molecule has 0 fully saturated rings. The largest absolute Gasteiger partial charge is 1.00 e. The van der Waals surface area contributed by atoms with Crippen LogP contribution in [0.4, 0.5) is 0 Å². The first-order valence-corrected chi connectivity index (χ1v) is 3.85. The van der Waals surface area contributed by atoms with Crippen molar-refractivity contribution in [1.82, 2.24) is 0 Å². The molecule has 0 aromatic heterocycles. The Hall–Kier alpha value is 1.44. The number of halogens is 1. The first kappa shape index (κ1) is 12.1. The molecule has 0 saturated heterocycles. The molecule has 0 amide bonds. The quantitative estimate of drug-likeness (QED) is 0.295. The number of alkyl halides is 1. The Morgan fingerprint density at radius 3 is 2.25 bits per heavy atom. The average molecular weight is 167 g/mol. The molecular formula is C2H6ClNaO3P+. The van der Waals surface area contributed by atoms with Crippen LogP contribution in [0.5, 0.6) is 0 Å². The molecule has 1 N–H and O–H groups in total. The summed E-state index contributed by atoms with van der Waals surface area (Å²) in [6, 6.07) is 0. The zero-order chi connectivity index (χ0) is 5.91. The fraction of sp³-hybridized carbons (Fsp3) is 1.00. The molecule has 0 aliphatic rings. The summed E-state index contributed by atoms with van der Waals surface area (Å²) in [6.07, 6.45) is 0. The third-order valence-electron chi connectivity index (χ3n) is 0.436. The van der Waals surface area contributed by atoms with Gasteiger partial charge in [-0.15, -0.1) is 11.6 Å². The Balaban J connectivity index is 0. The first-order valence-electron chi connectivity index (χ1n) is 1.56. The summed E-state index contributed by atoms with van der Waals surface area (Å²) in [5.41, 5.74) is -0.344. The predicted molar refractivity (Wildman–Crippen MR) is 27.6 cm³/mol. The Kier molecular flexibility index (Phi) is 7.96. The van der Waals surface area contributed by atoms with Crippen LogP contribution in [0.2, 0.25) is 0 Å². The minimum Gasteiger partial charge on any atom is -0.323 e. The zero-order valence-electron chi connectivity index (χ0n) is 4.80. The van der Waals surface area contributed by atoms with Gasteiger partial charge in [-0.25, -0.2) is 0 Å². The van der Waals surface area contributed by atoms with E-state index in [4.69, 9.17) is 16.5 Å². The van der Waals surface area contributed by atoms with Crippen LogP contribution in [0.15, 0.2) is 0 Å². The molecule has 0 spiro atoms. The van der Waals surface area contributed by atoms with Gasteiger partial charge >= 0.3 is 37.2 Å². The van der Waals surface area contributed by atoms with Crippen LogP contribution in [-0.4, -0.2) is 17.6 Å². The van der Waals surface area contributed by atoms with E-state index >= 15 is 0 Å². The van der Waals surface area contributed by atoms with Gasteiger partial charge in [0.2, 0.25) is 0 Å². The van der Waals surface area contributed by atoms with E-state index < -0.39 is 7.60 Å². The second kappa shape index (κ2) is 5.24. The predicted octanol–water partition coefficient (Wildman–Crippen LogP) is -1.98. The van der Waals surface area contributed by atoms with Crippen molar-refractivity contribution in [3.05, 3.63) is 0 Å². The molecule has 44 valence electrons. The van der Waals surface area contributed by atoms with E-state index in [2.05, 4.69) is 4.52 Å². The van der Waals surface area contributed by atoms with E-state index in [1.807, 2.05) is 0 Å². The summed E-state index contributed by atoms with van der Waals surface area (Å²) in [7, 11) is -2.25. The summed E-state index contributed by atoms with van der Waals surface area (Å²) in [4.78, 5) is 8.33. The Morgan fingerprint density at radius 1 is 1.88 bits per heavy atom. The molecule has 0 aliphatic carbocycles. The van der Waals surface area contributed by atoms with Crippen LogP contribution in [0, 0.1) is 0 Å². The normalized spacial score (nSPS) is 16.4. The molecule has 0 saturated carbocycles. The van der Waals surface area contributed by atoms with Gasteiger partial charge in [0.25, 0.3) is 0 Å². The van der Waals surface area contributed by atoms with Crippen molar-refractivity contribution in [3.63, 3.8) is 0 Å². The first-order chi connectivity index (χ1) is 3.12. The second-order valence-corrected chi connectivity index (χ2v) is 3.54. The number of rotatable bonds is 2. The van der Waals surface area contributed by atoms with E-state index in [0.717, 1.165) is 7.11 Å². The molecule has 8 heavy (non-hydrogen) atoms. The Morgan fingerprint density at radius 2 is 2.25 bits per heavy atom. The SMILES string of the molecule is COP(=O)(O)CCl.[Na+]. The molecule has 0 heterocycles. The topological polar surface area (TPSA) is 46.5 Å². The van der Waals surface area contributed by atoms with Crippen LogP contribution in [-0.2, 0) is 9.09 Å². The van der Waals surface area contributed by atoms with Crippen LogP contribution in [0.25, 0.3) is 0 Å². The summed E-state index contributed by atoms with van der Waals surface area (Å²) < 4.78 is 14.2. The fourth-order valence-corrected chi connectivity index (χ4v) is 0.439. The van der Waals surface area contributed by atoms with Crippen molar-refractivity contribution in [2.24, 2.45) is 0 Å². The Labute approximate surface area is 75.2 Å². The third-order valence-corrected chi connectivity index (χ3v) is 2.22. The molecule has 1 atom stereocenters. The molecule has 6 heteroatoms. The van der Waals surface area contributed by atoms with Gasteiger partial charge in [0.05, 0.1) is 0 Å². The van der Waals surface area contributed by atoms with Crippen LogP contribution in [0.1, 0.15) is 0 Å². The monoisotopic (exact) mass is 167 g/mol. The smallest absolute Gasteiger partial charge is 0.323 e. The molecule has 0 aromatic rings. The van der Waals surface area contributed by atoms with E-state index in [1.54, 1.807) is 0 Å². The molecule has 0 aliphatic heterocycles. The number of hydrogen-bond donors (Lipinski definition) is 1. The molecular weight excluding hydrogens is 161 g/mol. The van der Waals surface area contributed by atoms with Gasteiger partial charge in [-0.3, -0.25) is 4.57 Å². The van der Waals surface area contributed by atoms with Crippen LogP contribution >= 0.6 is 19.2 Å². The minimum absolute atomic E-state index is 0. The van der Waals surface area contributed by atoms with E-state index in [9.17, 15) is 4.57 Å². The minimum atomic E-state index is -3.39. The number of hydrogen-bond acceptors (Lipinski definition) is 2. The van der Waals surface area contributed by atoms with Gasteiger partial charge in [-0.1, -0.05) is 0 Å². The van der Waals surface area contributed by atoms with Crippen molar-refractivity contribution >= 4 is 19.2 Å². The summed E-state index contributed by atoms with van der Waals surface area (Å²) in [6.45, 7) is 0. The van der Waals surface area contributed by atoms with Gasteiger partial charge in [0.15, 0.2) is 0 Å². The molecule has 0 aromatic carbocycles. The van der Waals surface area contributed by atoms with Crippen molar-refractivity contribution < 1.29 is 43.5 Å². The maximum atomic E-state index is 10.2. The maximum absolute atomic E-state index is 10.2. The van der Waals surface area contributed by atoms with Gasteiger partial charge < -0.3 is 9.42 Å². The van der Waals surface area contributed by atoms with E-state index in [-0.39, 0.29) is 35.2 Å². The van der Waals surface area contributed by atoms with Gasteiger partial charge in [-0.2, -0.15) is 0 Å². The summed E-state index contributed by atoms with van der Waals surface area (Å²) in [5, 5.41) is 0. The van der Waals surface area contributed by atoms with E-state index in [1.165, 1.54) is 0 Å². The Bertz CT molecular complexity index is 89.3. The van der Waals surface area contributed by atoms with E-state index in [0.29, 0.717) is 0 Å². The van der Waals surface area contributed by atoms with Crippen molar-refractivity contribution in [1.29, 1.82) is 0 Å². The van der Waals surface area contributed by atoms with Gasteiger partial charge in [-0.05, 0) is 0 Å². The van der Waals surface area contributed by atoms with Gasteiger partial charge in [0, 0.05) is 7.11 Å². The van der Waals surface area contributed by atoms with Crippen LogP contribution in [0.3, 0.4) is 0 Å². The fourth-order valence-electron chi connectivity index (χ4n) is 0.0488. The van der Waals surface area contributed by atoms with Crippen LogP contribution < -0.4 is 29.6 Å². The molecule has 0 rings (SSSR count). The van der Waals surface area contributed by atoms with Crippen molar-refractivity contribution in [2.75, 3.05) is 12.7 Å². The van der Waals surface area contributed by atoms with Crippen molar-refractivity contribution in [2.45, 2.75) is 0 Å². The maximum Gasteiger partial charge on any atom is 1.00 e. The summed E-state index contributed by atoms with van der Waals surface area (Å²) in [5.74, 6) is 0. The molecule has 0 radical (unpaired) electrons. The molecule has 3 nitrogen and oxygen atoms in total. The summed E-state index contributed by atoms with van der Waals surface area (Å²) >= 11 is 4.96. The second-order valence-electron chi connectivity index (χ2n) is 0.940. The van der Waals surface area contributed by atoms with Crippen molar-refractivity contribution in [3.8, 4) is 0 Å². The molecule has 1 unspecified atom stereocenters. The van der Waals surface area contributed by atoms with Gasteiger partial charge in [0.1, 0.15) is 5.62 Å². The zero-order valence-corrected chi connectivity index (χ0v) is 8.45. The average Bonchev–Trinajstić information content (AvgIpc) is 1.68. The standard InChI is InChI=1S/C2H6ClO3P.Na/c1-6-7(4,5)2-3;/h2H2,1H3,(H,4,5);/q;+1.